The Bertz CT molecular complexity index is 130. The molecule has 4 heteroatoms. The molecule has 0 aromatic rings. The van der Waals surface area contributed by atoms with Crippen LogP contribution >= 0.6 is 11.6 Å². The number of carbonyl (C=O) groups is 2. The van der Waals surface area contributed by atoms with Crippen LogP contribution in [0.1, 0.15) is 13.8 Å². The minimum absolute atomic E-state index is 0.291. The zero-order chi connectivity index (χ0) is 7.44. The normalized spacial score (nSPS) is 9.33. The van der Waals surface area contributed by atoms with Gasteiger partial charge >= 0.3 is 11.2 Å². The van der Waals surface area contributed by atoms with E-state index in [2.05, 4.69) is 4.74 Å². The quantitative estimate of drug-likeness (QED) is 0.331. The Morgan fingerprint density at radius 1 is 1.44 bits per heavy atom. The molecule has 3 nitrogen and oxygen atoms in total. The highest BCUT2D eigenvalue weighted by Crippen LogP contribution is 1.91. The highest BCUT2D eigenvalue weighted by Gasteiger charge is 2.12. The largest absolute Gasteiger partial charge is 0.456 e. The Kier molecular flexibility index (Phi) is 3.24. The summed E-state index contributed by atoms with van der Waals surface area (Å²) in [4.78, 5) is 20.2. The summed E-state index contributed by atoms with van der Waals surface area (Å²) < 4.78 is 4.39. The van der Waals surface area contributed by atoms with E-state index in [4.69, 9.17) is 11.6 Å². The minimum atomic E-state index is -1.08. The number of halogens is 1. The van der Waals surface area contributed by atoms with Gasteiger partial charge in [-0.1, -0.05) is 0 Å². The van der Waals surface area contributed by atoms with Gasteiger partial charge in [-0.05, 0) is 25.4 Å². The summed E-state index contributed by atoms with van der Waals surface area (Å²) in [5.74, 6) is -0.994. The summed E-state index contributed by atoms with van der Waals surface area (Å²) in [5, 5.41) is -1.08. The Labute approximate surface area is 57.9 Å². The van der Waals surface area contributed by atoms with E-state index in [0.717, 1.165) is 0 Å². The van der Waals surface area contributed by atoms with Crippen molar-refractivity contribution in [1.82, 2.24) is 0 Å². The fourth-order valence-corrected chi connectivity index (χ4v) is 0.305. The highest BCUT2D eigenvalue weighted by atomic mass is 35.5. The standard InChI is InChI=1S/C5H7ClO3/c1-3(2)9-5(8)4(6)7/h3H,1-2H3. The lowest BCUT2D eigenvalue weighted by Crippen LogP contribution is -2.16. The van der Waals surface area contributed by atoms with Gasteiger partial charge in [0.25, 0.3) is 0 Å². The third-order valence-corrected chi connectivity index (χ3v) is 0.658. The van der Waals surface area contributed by atoms with E-state index in [9.17, 15) is 9.59 Å². The van der Waals surface area contributed by atoms with Crippen LogP contribution in [0.15, 0.2) is 0 Å². The van der Waals surface area contributed by atoms with Crippen LogP contribution in [0.2, 0.25) is 0 Å². The van der Waals surface area contributed by atoms with Crippen LogP contribution in [-0.4, -0.2) is 17.3 Å². The average Bonchev–Trinajstić information content (AvgIpc) is 1.63. The summed E-state index contributed by atoms with van der Waals surface area (Å²) in [6.07, 6.45) is -0.291. The highest BCUT2D eigenvalue weighted by molar-refractivity contribution is 6.80. The molecule has 52 valence electrons. The van der Waals surface area contributed by atoms with Gasteiger partial charge < -0.3 is 4.74 Å². The predicted molar refractivity (Wildman–Crippen MR) is 32.1 cm³/mol. The van der Waals surface area contributed by atoms with Gasteiger partial charge in [0.05, 0.1) is 6.10 Å². The minimum Gasteiger partial charge on any atom is -0.456 e. The first kappa shape index (κ1) is 8.43. The second-order valence-electron chi connectivity index (χ2n) is 1.73. The molecule has 0 fully saturated rings. The second-order valence-corrected chi connectivity index (χ2v) is 2.07. The summed E-state index contributed by atoms with van der Waals surface area (Å²) in [5.41, 5.74) is 0. The molecule has 0 bridgehead atoms. The predicted octanol–water partition coefficient (Wildman–Crippen LogP) is 0.703. The van der Waals surface area contributed by atoms with Crippen LogP contribution in [0.4, 0.5) is 0 Å². The van der Waals surface area contributed by atoms with Crippen LogP contribution in [0.5, 0.6) is 0 Å². The van der Waals surface area contributed by atoms with Gasteiger partial charge in [0, 0.05) is 0 Å². The first-order valence-corrected chi connectivity index (χ1v) is 2.82. The van der Waals surface area contributed by atoms with Gasteiger partial charge in [0.15, 0.2) is 0 Å². The lowest BCUT2D eigenvalue weighted by molar-refractivity contribution is -0.153. The fraction of sp³-hybridized carbons (Fsp3) is 0.600. The summed E-state index contributed by atoms with van der Waals surface area (Å²) in [7, 11) is 0. The maximum Gasteiger partial charge on any atom is 0.391 e. The number of esters is 1. The molecule has 0 saturated heterocycles. The van der Waals surface area contributed by atoms with Crippen molar-refractivity contribution in [2.45, 2.75) is 20.0 Å². The molecule has 0 unspecified atom stereocenters. The number of carbonyl (C=O) groups excluding carboxylic acids is 2. The van der Waals surface area contributed by atoms with Crippen molar-refractivity contribution in [1.29, 1.82) is 0 Å². The molecule has 0 radical (unpaired) electrons. The van der Waals surface area contributed by atoms with Gasteiger partial charge in [-0.15, -0.1) is 0 Å². The Hall–Kier alpha value is -0.570. The van der Waals surface area contributed by atoms with Crippen molar-refractivity contribution < 1.29 is 14.3 Å². The average molecular weight is 151 g/mol. The van der Waals surface area contributed by atoms with E-state index in [1.54, 1.807) is 13.8 Å². The smallest absolute Gasteiger partial charge is 0.391 e. The molecule has 0 aliphatic carbocycles. The lowest BCUT2D eigenvalue weighted by Gasteiger charge is -2.02. The molecule has 0 aromatic carbocycles. The van der Waals surface area contributed by atoms with Crippen LogP contribution in [0.3, 0.4) is 0 Å². The van der Waals surface area contributed by atoms with E-state index in [1.807, 2.05) is 0 Å². The zero-order valence-corrected chi connectivity index (χ0v) is 5.94. The van der Waals surface area contributed by atoms with Crippen molar-refractivity contribution in [3.05, 3.63) is 0 Å². The van der Waals surface area contributed by atoms with Crippen LogP contribution < -0.4 is 0 Å². The van der Waals surface area contributed by atoms with Crippen molar-refractivity contribution in [2.24, 2.45) is 0 Å². The van der Waals surface area contributed by atoms with Gasteiger partial charge in [-0.3, -0.25) is 4.79 Å². The fourth-order valence-electron chi connectivity index (χ4n) is 0.260. The summed E-state index contributed by atoms with van der Waals surface area (Å²) in [6.45, 7) is 3.27. The van der Waals surface area contributed by atoms with Crippen molar-refractivity contribution in [3.8, 4) is 0 Å². The molecule has 0 atom stereocenters. The maximum absolute atomic E-state index is 10.2. The van der Waals surface area contributed by atoms with E-state index in [1.165, 1.54) is 0 Å². The van der Waals surface area contributed by atoms with Gasteiger partial charge in [0.2, 0.25) is 0 Å². The van der Waals surface area contributed by atoms with Gasteiger partial charge in [-0.2, -0.15) is 0 Å². The van der Waals surface area contributed by atoms with Crippen LogP contribution in [0.25, 0.3) is 0 Å². The monoisotopic (exact) mass is 150 g/mol. The molecular weight excluding hydrogens is 144 g/mol. The first-order chi connectivity index (χ1) is 4.04. The van der Waals surface area contributed by atoms with E-state index < -0.39 is 11.2 Å². The molecule has 0 aliphatic heterocycles. The lowest BCUT2D eigenvalue weighted by atomic mass is 10.5. The number of rotatable bonds is 2. The number of hydrogen-bond donors (Lipinski definition) is 0. The zero-order valence-electron chi connectivity index (χ0n) is 5.18. The van der Waals surface area contributed by atoms with Crippen LogP contribution in [0, 0.1) is 0 Å². The van der Waals surface area contributed by atoms with Gasteiger partial charge in [0.1, 0.15) is 0 Å². The Balaban J connectivity index is 3.65. The SMILES string of the molecule is CC(C)OC(=O)C(=O)Cl. The molecule has 0 spiro atoms. The Morgan fingerprint density at radius 2 is 1.89 bits per heavy atom. The second kappa shape index (κ2) is 3.45. The van der Waals surface area contributed by atoms with Crippen molar-refractivity contribution in [3.63, 3.8) is 0 Å². The van der Waals surface area contributed by atoms with E-state index in [-0.39, 0.29) is 6.10 Å². The Morgan fingerprint density at radius 3 is 2.00 bits per heavy atom. The summed E-state index contributed by atoms with van der Waals surface area (Å²) >= 11 is 4.76. The van der Waals surface area contributed by atoms with Crippen molar-refractivity contribution >= 4 is 22.8 Å². The molecule has 0 amide bonds. The van der Waals surface area contributed by atoms with Crippen LogP contribution in [-0.2, 0) is 14.3 Å². The maximum atomic E-state index is 10.2. The first-order valence-electron chi connectivity index (χ1n) is 2.44. The van der Waals surface area contributed by atoms with Crippen molar-refractivity contribution in [2.75, 3.05) is 0 Å². The molecule has 0 N–H and O–H groups in total. The molecule has 0 heterocycles. The summed E-state index contributed by atoms with van der Waals surface area (Å²) in [6, 6.07) is 0. The third-order valence-electron chi connectivity index (χ3n) is 0.503. The topological polar surface area (TPSA) is 43.4 Å². The number of ether oxygens (including phenoxy) is 1. The third kappa shape index (κ3) is 3.97. The molecule has 0 aromatic heterocycles. The molecule has 0 rings (SSSR count). The van der Waals surface area contributed by atoms with Gasteiger partial charge in [-0.25, -0.2) is 4.79 Å². The number of hydrogen-bond acceptors (Lipinski definition) is 3. The molecule has 0 aliphatic rings. The van der Waals surface area contributed by atoms with E-state index >= 15 is 0 Å². The molecule has 9 heavy (non-hydrogen) atoms. The molecular formula is C5H7ClO3. The van der Waals surface area contributed by atoms with E-state index in [0.29, 0.717) is 0 Å². The molecule has 0 saturated carbocycles.